The second-order valence-corrected chi connectivity index (χ2v) is 6.00. The molecule has 0 radical (unpaired) electrons. The van der Waals surface area contributed by atoms with Crippen molar-refractivity contribution in [1.82, 2.24) is 0 Å². The molecule has 3 heteroatoms. The third kappa shape index (κ3) is 5.19. The highest BCUT2D eigenvalue weighted by Crippen LogP contribution is 2.10. The third-order valence-electron chi connectivity index (χ3n) is 3.92. The minimum Gasteiger partial charge on any atom is -0.287 e. The molecule has 0 spiro atoms. The first-order valence-corrected chi connectivity index (χ1v) is 8.74. The molecule has 0 aliphatic rings. The van der Waals surface area contributed by atoms with Crippen molar-refractivity contribution >= 4 is 23.3 Å². The van der Waals surface area contributed by atoms with E-state index in [-0.39, 0.29) is 5.78 Å². The number of nitrogens with zero attached hydrogens (tertiary/aromatic N) is 2. The van der Waals surface area contributed by atoms with Gasteiger partial charge in [0.1, 0.15) is 5.71 Å². The summed E-state index contributed by atoms with van der Waals surface area (Å²) in [6.45, 7) is 1.86. The number of hydrogen-bond donors (Lipinski definition) is 0. The molecule has 0 amide bonds. The number of allylic oxidation sites excluding steroid dienone is 1. The summed E-state index contributed by atoms with van der Waals surface area (Å²) < 4.78 is 0. The lowest BCUT2D eigenvalue weighted by atomic mass is 10.0. The van der Waals surface area contributed by atoms with Crippen LogP contribution in [0.3, 0.4) is 0 Å². The molecule has 27 heavy (non-hydrogen) atoms. The van der Waals surface area contributed by atoms with Crippen LogP contribution in [0.15, 0.2) is 107 Å². The van der Waals surface area contributed by atoms with E-state index in [0.29, 0.717) is 17.0 Å². The van der Waals surface area contributed by atoms with Gasteiger partial charge in [-0.05, 0) is 18.6 Å². The number of ketones is 1. The summed E-state index contributed by atoms with van der Waals surface area (Å²) in [6, 6.07) is 28.5. The van der Waals surface area contributed by atoms with Crippen LogP contribution in [0.25, 0.3) is 6.08 Å². The number of carbonyl (C=O) groups excluding carboxylic acids is 1. The Labute approximate surface area is 159 Å². The second-order valence-electron chi connectivity index (χ2n) is 6.00. The minimum atomic E-state index is -0.148. The number of carbonyl (C=O) groups is 1. The van der Waals surface area contributed by atoms with Gasteiger partial charge >= 0.3 is 0 Å². The van der Waals surface area contributed by atoms with Crippen molar-refractivity contribution < 1.29 is 4.79 Å². The summed E-state index contributed by atoms with van der Waals surface area (Å²) in [4.78, 5) is 12.9. The van der Waals surface area contributed by atoms with Gasteiger partial charge in [0, 0.05) is 11.1 Å². The summed E-state index contributed by atoms with van der Waals surface area (Å²) >= 11 is 0. The summed E-state index contributed by atoms with van der Waals surface area (Å²) in [6.07, 6.45) is 3.85. The Balaban J connectivity index is 1.90. The van der Waals surface area contributed by atoms with Gasteiger partial charge in [-0.25, -0.2) is 0 Å². The quantitative estimate of drug-likeness (QED) is 0.330. The Hall–Kier alpha value is -3.59. The van der Waals surface area contributed by atoms with Crippen LogP contribution in [0, 0.1) is 0 Å². The molecule has 3 nitrogen and oxygen atoms in total. The molecule has 0 fully saturated rings. The fourth-order valence-corrected chi connectivity index (χ4v) is 2.50. The molecule has 0 unspecified atom stereocenters. The van der Waals surface area contributed by atoms with Crippen LogP contribution in [-0.4, -0.2) is 17.2 Å². The van der Waals surface area contributed by atoms with Gasteiger partial charge in [0.05, 0.1) is 5.71 Å². The van der Waals surface area contributed by atoms with E-state index in [9.17, 15) is 4.79 Å². The zero-order valence-electron chi connectivity index (χ0n) is 15.1. The summed E-state index contributed by atoms with van der Waals surface area (Å²) in [5, 5.41) is 8.55. The average Bonchev–Trinajstić information content (AvgIpc) is 2.74. The van der Waals surface area contributed by atoms with Crippen molar-refractivity contribution in [1.29, 1.82) is 0 Å². The summed E-state index contributed by atoms with van der Waals surface area (Å²) in [5.41, 5.74) is 3.46. The van der Waals surface area contributed by atoms with Gasteiger partial charge in [-0.15, -0.1) is 5.10 Å². The first-order chi connectivity index (χ1) is 13.2. The molecule has 0 saturated carbocycles. The van der Waals surface area contributed by atoms with Gasteiger partial charge in [0.2, 0.25) is 5.78 Å². The second kappa shape index (κ2) is 9.20. The highest BCUT2D eigenvalue weighted by Gasteiger charge is 2.16. The highest BCUT2D eigenvalue weighted by molar-refractivity contribution is 6.51. The fourth-order valence-electron chi connectivity index (χ4n) is 2.50. The average molecular weight is 352 g/mol. The maximum atomic E-state index is 12.9. The summed E-state index contributed by atoms with van der Waals surface area (Å²) in [5.74, 6) is -0.148. The molecule has 0 aliphatic carbocycles. The van der Waals surface area contributed by atoms with Gasteiger partial charge in [0.25, 0.3) is 0 Å². The van der Waals surface area contributed by atoms with E-state index < -0.39 is 0 Å². The van der Waals surface area contributed by atoms with Crippen molar-refractivity contribution in [2.24, 2.45) is 10.2 Å². The van der Waals surface area contributed by atoms with E-state index in [1.807, 2.05) is 97.9 Å². The SMILES string of the molecule is CC(/C=C/c1ccccc1)=N/N=C(\C(=O)c1ccccc1)c1ccccc1. The monoisotopic (exact) mass is 352 g/mol. The Morgan fingerprint density at radius 1 is 0.704 bits per heavy atom. The highest BCUT2D eigenvalue weighted by atomic mass is 16.1. The van der Waals surface area contributed by atoms with E-state index in [2.05, 4.69) is 10.2 Å². The summed E-state index contributed by atoms with van der Waals surface area (Å²) in [7, 11) is 0. The smallest absolute Gasteiger partial charge is 0.213 e. The molecule has 3 rings (SSSR count). The first-order valence-electron chi connectivity index (χ1n) is 8.74. The van der Waals surface area contributed by atoms with Gasteiger partial charge in [0.15, 0.2) is 0 Å². The van der Waals surface area contributed by atoms with Crippen molar-refractivity contribution in [2.75, 3.05) is 0 Å². The van der Waals surface area contributed by atoms with Gasteiger partial charge in [-0.3, -0.25) is 4.79 Å². The molecule has 0 aromatic heterocycles. The molecule has 3 aromatic rings. The Kier molecular flexibility index (Phi) is 6.21. The number of hydrogen-bond acceptors (Lipinski definition) is 3. The largest absolute Gasteiger partial charge is 0.287 e. The molecule has 0 atom stereocenters. The molecule has 0 saturated heterocycles. The van der Waals surface area contributed by atoms with E-state index in [1.165, 1.54) is 0 Å². The van der Waals surface area contributed by atoms with Crippen molar-refractivity contribution in [3.63, 3.8) is 0 Å². The van der Waals surface area contributed by atoms with Crippen molar-refractivity contribution in [3.05, 3.63) is 114 Å². The lowest BCUT2D eigenvalue weighted by molar-refractivity contribution is 0.106. The van der Waals surface area contributed by atoms with Crippen LogP contribution in [0.4, 0.5) is 0 Å². The van der Waals surface area contributed by atoms with Crippen LogP contribution in [0.1, 0.15) is 28.4 Å². The van der Waals surface area contributed by atoms with Gasteiger partial charge in [-0.1, -0.05) is 97.1 Å². The van der Waals surface area contributed by atoms with Crippen LogP contribution < -0.4 is 0 Å². The normalized spacial score (nSPS) is 12.3. The Bertz CT molecular complexity index is 973. The molecule has 0 aliphatic heterocycles. The molecule has 0 N–H and O–H groups in total. The van der Waals surface area contributed by atoms with Crippen molar-refractivity contribution in [2.45, 2.75) is 6.92 Å². The van der Waals surface area contributed by atoms with Crippen LogP contribution >= 0.6 is 0 Å². The molecule has 0 heterocycles. The van der Waals surface area contributed by atoms with Crippen LogP contribution in [0.2, 0.25) is 0 Å². The predicted molar refractivity (Wildman–Crippen MR) is 112 cm³/mol. The van der Waals surface area contributed by atoms with E-state index in [0.717, 1.165) is 11.1 Å². The molecular formula is C24H20N2O. The predicted octanol–water partition coefficient (Wildman–Crippen LogP) is 5.45. The lowest BCUT2D eigenvalue weighted by Crippen LogP contribution is -2.15. The fraction of sp³-hybridized carbons (Fsp3) is 0.0417. The number of rotatable bonds is 6. The topological polar surface area (TPSA) is 41.8 Å². The molecule has 0 bridgehead atoms. The van der Waals surface area contributed by atoms with Gasteiger partial charge < -0.3 is 0 Å². The zero-order valence-corrected chi connectivity index (χ0v) is 15.1. The molecule has 132 valence electrons. The maximum Gasteiger partial charge on any atom is 0.213 e. The Morgan fingerprint density at radius 2 is 1.22 bits per heavy atom. The standard InChI is InChI=1S/C24H20N2O/c1-19(17-18-20-11-5-2-6-12-20)25-26-23(21-13-7-3-8-14-21)24(27)22-15-9-4-10-16-22/h2-18H,1H3/b18-17+,25-19-,26-23-. The van der Waals surface area contributed by atoms with Crippen LogP contribution in [0.5, 0.6) is 0 Å². The first kappa shape index (κ1) is 18.2. The van der Waals surface area contributed by atoms with E-state index in [1.54, 1.807) is 12.1 Å². The molecule has 3 aromatic carbocycles. The minimum absolute atomic E-state index is 0.148. The van der Waals surface area contributed by atoms with Crippen molar-refractivity contribution in [3.8, 4) is 0 Å². The number of Topliss-reactive ketones (excluding diaryl/α,β-unsaturated/α-hetero) is 1. The van der Waals surface area contributed by atoms with Gasteiger partial charge in [-0.2, -0.15) is 5.10 Å². The van der Waals surface area contributed by atoms with Crippen LogP contribution in [-0.2, 0) is 0 Å². The third-order valence-corrected chi connectivity index (χ3v) is 3.92. The van der Waals surface area contributed by atoms with E-state index >= 15 is 0 Å². The maximum absolute atomic E-state index is 12.9. The molecular weight excluding hydrogens is 332 g/mol. The van der Waals surface area contributed by atoms with E-state index in [4.69, 9.17) is 0 Å². The lowest BCUT2D eigenvalue weighted by Gasteiger charge is -2.04. The Morgan fingerprint density at radius 3 is 1.81 bits per heavy atom. The number of benzene rings is 3. The zero-order chi connectivity index (χ0) is 18.9.